The third kappa shape index (κ3) is 2.55. The second kappa shape index (κ2) is 4.22. The Morgan fingerprint density at radius 2 is 2.07 bits per heavy atom. The van der Waals surface area contributed by atoms with E-state index in [-0.39, 0.29) is 6.10 Å². The van der Waals surface area contributed by atoms with E-state index in [1.54, 1.807) is 26.8 Å². The second-order valence-electron chi connectivity index (χ2n) is 3.41. The Labute approximate surface area is 82.7 Å². The average molecular weight is 196 g/mol. The van der Waals surface area contributed by atoms with Gasteiger partial charge in [0.1, 0.15) is 5.82 Å². The molecule has 0 fully saturated rings. The van der Waals surface area contributed by atoms with Gasteiger partial charge >= 0.3 is 5.97 Å². The lowest BCUT2D eigenvalue weighted by Crippen LogP contribution is -2.13. The molecule has 0 bridgehead atoms. The van der Waals surface area contributed by atoms with Crippen molar-refractivity contribution in [2.45, 2.75) is 26.9 Å². The molecule has 0 radical (unpaired) electrons. The highest BCUT2D eigenvalue weighted by Crippen LogP contribution is 2.12. The van der Waals surface area contributed by atoms with E-state index in [0.29, 0.717) is 5.56 Å². The number of halogens is 1. The van der Waals surface area contributed by atoms with Crippen molar-refractivity contribution in [3.05, 3.63) is 35.1 Å². The number of carbonyl (C=O) groups is 1. The number of esters is 1. The first-order valence-electron chi connectivity index (χ1n) is 4.48. The van der Waals surface area contributed by atoms with Crippen LogP contribution in [0.2, 0.25) is 0 Å². The van der Waals surface area contributed by atoms with Gasteiger partial charge in [-0.2, -0.15) is 0 Å². The summed E-state index contributed by atoms with van der Waals surface area (Å²) in [5.41, 5.74) is 1.01. The van der Waals surface area contributed by atoms with Crippen molar-refractivity contribution >= 4 is 5.97 Å². The van der Waals surface area contributed by atoms with Crippen LogP contribution in [0.1, 0.15) is 29.8 Å². The van der Waals surface area contributed by atoms with Gasteiger partial charge in [-0.05, 0) is 38.5 Å². The van der Waals surface area contributed by atoms with E-state index >= 15 is 0 Å². The number of hydrogen-bond acceptors (Lipinski definition) is 2. The molecule has 0 saturated carbocycles. The van der Waals surface area contributed by atoms with Gasteiger partial charge in [0.2, 0.25) is 0 Å². The molecule has 1 rings (SSSR count). The highest BCUT2D eigenvalue weighted by Gasteiger charge is 2.12. The van der Waals surface area contributed by atoms with Gasteiger partial charge in [0.25, 0.3) is 0 Å². The van der Waals surface area contributed by atoms with Crippen LogP contribution in [0.25, 0.3) is 0 Å². The fourth-order valence-electron chi connectivity index (χ4n) is 1.09. The van der Waals surface area contributed by atoms with E-state index < -0.39 is 11.8 Å². The van der Waals surface area contributed by atoms with Gasteiger partial charge in [0, 0.05) is 0 Å². The summed E-state index contributed by atoms with van der Waals surface area (Å²) in [6, 6.07) is 4.08. The van der Waals surface area contributed by atoms with Crippen LogP contribution in [-0.4, -0.2) is 12.1 Å². The van der Waals surface area contributed by atoms with Crippen molar-refractivity contribution < 1.29 is 13.9 Å². The monoisotopic (exact) mass is 196 g/mol. The molecule has 0 amide bonds. The Morgan fingerprint density at radius 3 is 2.64 bits per heavy atom. The molecule has 0 aliphatic carbocycles. The zero-order chi connectivity index (χ0) is 10.7. The molecule has 3 heteroatoms. The van der Waals surface area contributed by atoms with Crippen molar-refractivity contribution in [1.29, 1.82) is 0 Å². The van der Waals surface area contributed by atoms with Gasteiger partial charge in [-0.1, -0.05) is 6.07 Å². The number of benzene rings is 1. The largest absolute Gasteiger partial charge is 0.459 e. The lowest BCUT2D eigenvalue weighted by atomic mass is 10.1. The fourth-order valence-corrected chi connectivity index (χ4v) is 1.09. The van der Waals surface area contributed by atoms with E-state index in [1.807, 2.05) is 0 Å². The highest BCUT2D eigenvalue weighted by atomic mass is 19.1. The SMILES string of the molecule is Cc1ccc(F)cc1C(=O)OC(C)C. The van der Waals surface area contributed by atoms with Gasteiger partial charge < -0.3 is 4.74 Å². The quantitative estimate of drug-likeness (QED) is 0.680. The summed E-state index contributed by atoms with van der Waals surface area (Å²) in [6.45, 7) is 5.26. The molecule has 0 aromatic heterocycles. The van der Waals surface area contributed by atoms with Gasteiger partial charge in [-0.25, -0.2) is 9.18 Å². The molecule has 0 aliphatic heterocycles. The molecule has 76 valence electrons. The van der Waals surface area contributed by atoms with Gasteiger partial charge in [-0.15, -0.1) is 0 Å². The summed E-state index contributed by atoms with van der Waals surface area (Å²) in [5.74, 6) is -0.900. The van der Waals surface area contributed by atoms with Gasteiger partial charge in [0.05, 0.1) is 11.7 Å². The van der Waals surface area contributed by atoms with Crippen LogP contribution in [0.3, 0.4) is 0 Å². The Bertz CT molecular complexity index is 345. The molecular weight excluding hydrogens is 183 g/mol. The first-order valence-corrected chi connectivity index (χ1v) is 4.48. The smallest absolute Gasteiger partial charge is 0.338 e. The number of aryl methyl sites for hydroxylation is 1. The molecule has 2 nitrogen and oxygen atoms in total. The molecule has 1 aromatic rings. The zero-order valence-electron chi connectivity index (χ0n) is 8.50. The normalized spacial score (nSPS) is 10.4. The molecule has 0 saturated heterocycles. The number of hydrogen-bond donors (Lipinski definition) is 0. The maximum Gasteiger partial charge on any atom is 0.338 e. The van der Waals surface area contributed by atoms with Gasteiger partial charge in [-0.3, -0.25) is 0 Å². The Balaban J connectivity index is 2.94. The summed E-state index contributed by atoms with van der Waals surface area (Å²) < 4.78 is 17.8. The number of rotatable bonds is 2. The fraction of sp³-hybridized carbons (Fsp3) is 0.364. The minimum atomic E-state index is -0.475. The van der Waals surface area contributed by atoms with Crippen molar-refractivity contribution in [2.75, 3.05) is 0 Å². The minimum absolute atomic E-state index is 0.190. The lowest BCUT2D eigenvalue weighted by Gasteiger charge is -2.09. The van der Waals surface area contributed by atoms with Gasteiger partial charge in [0.15, 0.2) is 0 Å². The first kappa shape index (κ1) is 10.7. The summed E-state index contributed by atoms with van der Waals surface area (Å²) in [6.07, 6.45) is -0.190. The van der Waals surface area contributed by atoms with Crippen molar-refractivity contribution in [3.63, 3.8) is 0 Å². The highest BCUT2D eigenvalue weighted by molar-refractivity contribution is 5.91. The summed E-state index contributed by atoms with van der Waals surface area (Å²) >= 11 is 0. The molecule has 1 aromatic carbocycles. The standard InChI is InChI=1S/C11H13FO2/c1-7(2)14-11(13)10-6-9(12)5-4-8(10)3/h4-7H,1-3H3. The third-order valence-electron chi connectivity index (χ3n) is 1.76. The zero-order valence-corrected chi connectivity index (χ0v) is 8.50. The molecule has 0 aliphatic rings. The van der Waals surface area contributed by atoms with E-state index in [9.17, 15) is 9.18 Å². The minimum Gasteiger partial charge on any atom is -0.459 e. The van der Waals surface area contributed by atoms with Crippen LogP contribution in [0.5, 0.6) is 0 Å². The molecule has 0 N–H and O–H groups in total. The van der Waals surface area contributed by atoms with Crippen LogP contribution < -0.4 is 0 Å². The maximum atomic E-state index is 12.8. The molecule has 14 heavy (non-hydrogen) atoms. The molecule has 0 atom stereocenters. The molecule has 0 unspecified atom stereocenters. The number of ether oxygens (including phenoxy) is 1. The summed E-state index contributed by atoms with van der Waals surface area (Å²) in [4.78, 5) is 11.4. The van der Waals surface area contributed by atoms with Crippen molar-refractivity contribution in [3.8, 4) is 0 Å². The summed E-state index contributed by atoms with van der Waals surface area (Å²) in [5, 5.41) is 0. The lowest BCUT2D eigenvalue weighted by molar-refractivity contribution is 0.0376. The summed E-state index contributed by atoms with van der Waals surface area (Å²) in [7, 11) is 0. The van der Waals surface area contributed by atoms with Crippen LogP contribution in [-0.2, 0) is 4.74 Å². The van der Waals surface area contributed by atoms with Crippen LogP contribution in [0.4, 0.5) is 4.39 Å². The van der Waals surface area contributed by atoms with Crippen LogP contribution >= 0.6 is 0 Å². The van der Waals surface area contributed by atoms with E-state index in [4.69, 9.17) is 4.74 Å². The second-order valence-corrected chi connectivity index (χ2v) is 3.41. The third-order valence-corrected chi connectivity index (χ3v) is 1.76. The van der Waals surface area contributed by atoms with Crippen molar-refractivity contribution in [2.24, 2.45) is 0 Å². The molecular formula is C11H13FO2. The van der Waals surface area contributed by atoms with E-state index in [0.717, 1.165) is 5.56 Å². The van der Waals surface area contributed by atoms with E-state index in [2.05, 4.69) is 0 Å². The predicted octanol–water partition coefficient (Wildman–Crippen LogP) is 2.70. The van der Waals surface area contributed by atoms with E-state index in [1.165, 1.54) is 12.1 Å². The predicted molar refractivity (Wildman–Crippen MR) is 51.7 cm³/mol. The molecule has 0 spiro atoms. The maximum absolute atomic E-state index is 12.8. The first-order chi connectivity index (χ1) is 6.50. The Kier molecular flexibility index (Phi) is 3.23. The Morgan fingerprint density at radius 1 is 1.43 bits per heavy atom. The average Bonchev–Trinajstić information content (AvgIpc) is 2.08. The molecule has 0 heterocycles. The van der Waals surface area contributed by atoms with Crippen LogP contribution in [0.15, 0.2) is 18.2 Å². The topological polar surface area (TPSA) is 26.3 Å². The number of carbonyl (C=O) groups excluding carboxylic acids is 1. The Hall–Kier alpha value is -1.38. The van der Waals surface area contributed by atoms with Crippen molar-refractivity contribution in [1.82, 2.24) is 0 Å². The van der Waals surface area contributed by atoms with Crippen LogP contribution in [0, 0.1) is 12.7 Å².